The van der Waals surface area contributed by atoms with Crippen molar-refractivity contribution in [1.82, 2.24) is 10.1 Å². The number of aromatic hydroxyl groups is 1. The molecule has 21 heavy (non-hydrogen) atoms. The molecule has 7 heteroatoms. The third kappa shape index (κ3) is 3.24. The van der Waals surface area contributed by atoms with E-state index in [1.54, 1.807) is 18.2 Å². The molecule has 4 nitrogen and oxygen atoms in total. The second-order valence-electron chi connectivity index (χ2n) is 4.99. The fraction of sp³-hybridized carbons (Fsp3) is 0.429. The topological polar surface area (TPSA) is 59.2 Å². The number of thioether (sulfide) groups is 2. The molecule has 3 unspecified atom stereocenters. The molecule has 2 aromatic rings. The molecule has 1 N–H and O–H groups in total. The van der Waals surface area contributed by atoms with Gasteiger partial charge in [-0.05, 0) is 18.2 Å². The number of hydrogen-bond acceptors (Lipinski definition) is 6. The highest BCUT2D eigenvalue weighted by atomic mass is 79.9. The largest absolute Gasteiger partial charge is 0.507 e. The molecule has 0 bridgehead atoms. The Bertz CT molecular complexity index is 650. The van der Waals surface area contributed by atoms with Crippen LogP contribution in [0.3, 0.4) is 0 Å². The summed E-state index contributed by atoms with van der Waals surface area (Å²) in [7, 11) is 0. The molecule has 0 spiro atoms. The first kappa shape index (κ1) is 15.2. The van der Waals surface area contributed by atoms with E-state index in [9.17, 15) is 5.11 Å². The quantitative estimate of drug-likeness (QED) is 0.819. The van der Waals surface area contributed by atoms with Crippen molar-refractivity contribution in [3.63, 3.8) is 0 Å². The lowest BCUT2D eigenvalue weighted by Gasteiger charge is -2.29. The van der Waals surface area contributed by atoms with Gasteiger partial charge in [-0.2, -0.15) is 16.7 Å². The van der Waals surface area contributed by atoms with Crippen LogP contribution < -0.4 is 0 Å². The van der Waals surface area contributed by atoms with E-state index in [0.717, 1.165) is 10.2 Å². The Balaban J connectivity index is 1.85. The van der Waals surface area contributed by atoms with Crippen LogP contribution in [0.2, 0.25) is 0 Å². The summed E-state index contributed by atoms with van der Waals surface area (Å²) in [6.45, 7) is 4.48. The Morgan fingerprint density at radius 3 is 2.90 bits per heavy atom. The van der Waals surface area contributed by atoms with Crippen molar-refractivity contribution in [3.8, 4) is 17.2 Å². The minimum atomic E-state index is 0.140. The van der Waals surface area contributed by atoms with Crippen molar-refractivity contribution in [3.05, 3.63) is 28.5 Å². The summed E-state index contributed by atoms with van der Waals surface area (Å²) in [5, 5.41) is 15.5. The SMILES string of the molecule is CC1SCC(c2noc(-c3cc(Br)ccc3O)n2)SC1C. The van der Waals surface area contributed by atoms with Gasteiger partial charge in [-0.3, -0.25) is 0 Å². The zero-order chi connectivity index (χ0) is 15.0. The van der Waals surface area contributed by atoms with Gasteiger partial charge in [-0.1, -0.05) is 34.9 Å². The second-order valence-corrected chi connectivity index (χ2v) is 8.90. The first-order chi connectivity index (χ1) is 10.0. The predicted octanol–water partition coefficient (Wildman–Crippen LogP) is 4.50. The molecule has 1 aromatic carbocycles. The lowest BCUT2D eigenvalue weighted by molar-refractivity contribution is 0.417. The fourth-order valence-electron chi connectivity index (χ4n) is 2.07. The first-order valence-electron chi connectivity index (χ1n) is 6.64. The molecule has 3 rings (SSSR count). The van der Waals surface area contributed by atoms with Crippen molar-refractivity contribution < 1.29 is 9.63 Å². The summed E-state index contributed by atoms with van der Waals surface area (Å²) in [6, 6.07) is 5.16. The van der Waals surface area contributed by atoms with Crippen molar-refractivity contribution >= 4 is 39.5 Å². The first-order valence-corrected chi connectivity index (χ1v) is 9.42. The number of aromatic nitrogens is 2. The fourth-order valence-corrected chi connectivity index (χ4v) is 5.27. The van der Waals surface area contributed by atoms with Gasteiger partial charge in [0.1, 0.15) is 5.75 Å². The summed E-state index contributed by atoms with van der Waals surface area (Å²) >= 11 is 7.21. The zero-order valence-corrected chi connectivity index (χ0v) is 14.8. The van der Waals surface area contributed by atoms with Crippen LogP contribution in [0.1, 0.15) is 24.9 Å². The monoisotopic (exact) mass is 386 g/mol. The highest BCUT2D eigenvalue weighted by Gasteiger charge is 2.30. The van der Waals surface area contributed by atoms with E-state index in [0.29, 0.717) is 27.8 Å². The Morgan fingerprint density at radius 1 is 1.33 bits per heavy atom. The molecule has 1 aromatic heterocycles. The molecule has 0 saturated carbocycles. The van der Waals surface area contributed by atoms with Crippen molar-refractivity contribution in [2.24, 2.45) is 0 Å². The van der Waals surface area contributed by atoms with Gasteiger partial charge in [0.25, 0.3) is 5.89 Å². The van der Waals surface area contributed by atoms with Gasteiger partial charge in [-0.25, -0.2) is 0 Å². The Labute approximate surface area is 140 Å². The standard InChI is InChI=1S/C14H15BrN2O2S2/c1-7-8(2)21-12(6-20-7)13-16-14(19-17-13)10-5-9(15)3-4-11(10)18/h3-5,7-8,12,18H,6H2,1-2H3. The second kappa shape index (κ2) is 6.22. The highest BCUT2D eigenvalue weighted by Crippen LogP contribution is 2.44. The van der Waals surface area contributed by atoms with Crippen LogP contribution >= 0.6 is 39.5 Å². The molecule has 112 valence electrons. The molecular formula is C14H15BrN2O2S2. The number of nitrogens with zero attached hydrogens (tertiary/aromatic N) is 2. The van der Waals surface area contributed by atoms with Gasteiger partial charge < -0.3 is 9.63 Å². The maximum atomic E-state index is 9.93. The third-order valence-corrected chi connectivity index (χ3v) is 7.35. The van der Waals surface area contributed by atoms with Gasteiger partial charge in [0.2, 0.25) is 0 Å². The molecule has 1 aliphatic rings. The smallest absolute Gasteiger partial charge is 0.261 e. The van der Waals surface area contributed by atoms with Crippen LogP contribution in [0.15, 0.2) is 27.2 Å². The molecule has 0 amide bonds. The van der Waals surface area contributed by atoms with Crippen molar-refractivity contribution in [2.75, 3.05) is 5.75 Å². The van der Waals surface area contributed by atoms with Crippen LogP contribution in [-0.4, -0.2) is 31.5 Å². The Morgan fingerprint density at radius 2 is 2.14 bits per heavy atom. The van der Waals surface area contributed by atoms with Gasteiger partial charge in [0, 0.05) is 20.7 Å². The Kier molecular flexibility index (Phi) is 4.51. The number of phenols is 1. The highest BCUT2D eigenvalue weighted by molar-refractivity contribution is 9.10. The van der Waals surface area contributed by atoms with Crippen molar-refractivity contribution in [2.45, 2.75) is 29.6 Å². The van der Waals surface area contributed by atoms with Gasteiger partial charge in [0.05, 0.1) is 10.8 Å². The predicted molar refractivity (Wildman–Crippen MR) is 90.8 cm³/mol. The van der Waals surface area contributed by atoms with Gasteiger partial charge in [-0.15, -0.1) is 11.8 Å². The molecule has 0 radical (unpaired) electrons. The molecule has 2 heterocycles. The molecule has 1 fully saturated rings. The number of phenolic OH excluding ortho intramolecular Hbond substituents is 1. The van der Waals surface area contributed by atoms with Crippen LogP contribution in [0.25, 0.3) is 11.5 Å². The van der Waals surface area contributed by atoms with E-state index in [4.69, 9.17) is 4.52 Å². The number of hydrogen-bond donors (Lipinski definition) is 1. The van der Waals surface area contributed by atoms with Gasteiger partial charge in [0.15, 0.2) is 5.82 Å². The summed E-state index contributed by atoms with van der Waals surface area (Å²) in [5.41, 5.74) is 0.554. The molecule has 1 saturated heterocycles. The molecular weight excluding hydrogens is 372 g/mol. The minimum absolute atomic E-state index is 0.140. The normalized spacial score (nSPS) is 26.0. The zero-order valence-electron chi connectivity index (χ0n) is 11.6. The van der Waals surface area contributed by atoms with E-state index >= 15 is 0 Å². The van der Waals surface area contributed by atoms with E-state index < -0.39 is 0 Å². The van der Waals surface area contributed by atoms with Crippen LogP contribution in [0.5, 0.6) is 5.75 Å². The summed E-state index contributed by atoms with van der Waals surface area (Å²) in [5.74, 6) is 2.20. The maximum Gasteiger partial charge on any atom is 0.261 e. The van der Waals surface area contributed by atoms with E-state index in [-0.39, 0.29) is 11.0 Å². The average Bonchev–Trinajstić information content (AvgIpc) is 2.94. The van der Waals surface area contributed by atoms with Crippen LogP contribution in [0, 0.1) is 0 Å². The van der Waals surface area contributed by atoms with Crippen LogP contribution in [-0.2, 0) is 0 Å². The maximum absolute atomic E-state index is 9.93. The lowest BCUT2D eigenvalue weighted by Crippen LogP contribution is -2.22. The number of benzene rings is 1. The Hall–Kier alpha value is -0.660. The third-order valence-electron chi connectivity index (χ3n) is 3.47. The lowest BCUT2D eigenvalue weighted by atomic mass is 10.2. The summed E-state index contributed by atoms with van der Waals surface area (Å²) < 4.78 is 6.20. The summed E-state index contributed by atoms with van der Waals surface area (Å²) in [4.78, 5) is 4.47. The van der Waals surface area contributed by atoms with Gasteiger partial charge >= 0.3 is 0 Å². The van der Waals surface area contributed by atoms with Crippen molar-refractivity contribution in [1.29, 1.82) is 0 Å². The number of halogens is 1. The minimum Gasteiger partial charge on any atom is -0.507 e. The van der Waals surface area contributed by atoms with E-state index in [2.05, 4.69) is 39.9 Å². The molecule has 0 aliphatic carbocycles. The van der Waals surface area contributed by atoms with Crippen LogP contribution in [0.4, 0.5) is 0 Å². The van der Waals surface area contributed by atoms with E-state index in [1.165, 1.54) is 0 Å². The molecule has 3 atom stereocenters. The summed E-state index contributed by atoms with van der Waals surface area (Å²) in [6.07, 6.45) is 0. The average molecular weight is 387 g/mol. The number of rotatable bonds is 2. The van der Waals surface area contributed by atoms with E-state index in [1.807, 2.05) is 23.5 Å². The molecule has 1 aliphatic heterocycles.